The smallest absolute Gasteiger partial charge is 0.226 e. The fourth-order valence-electron chi connectivity index (χ4n) is 2.15. The van der Waals surface area contributed by atoms with E-state index in [4.69, 9.17) is 17.0 Å². The average Bonchev–Trinajstić information content (AvgIpc) is 2.81. The Hall–Kier alpha value is -1.82. The minimum atomic E-state index is 0.268. The maximum absolute atomic E-state index is 5.27. The van der Waals surface area contributed by atoms with E-state index in [0.29, 0.717) is 4.77 Å². The van der Waals surface area contributed by atoms with E-state index < -0.39 is 0 Å². The van der Waals surface area contributed by atoms with Crippen LogP contribution in [0.3, 0.4) is 0 Å². The van der Waals surface area contributed by atoms with E-state index >= 15 is 0 Å². The first-order valence-corrected chi connectivity index (χ1v) is 6.94. The van der Waals surface area contributed by atoms with Gasteiger partial charge in [-0.15, -0.1) is 5.10 Å². The second-order valence-electron chi connectivity index (χ2n) is 5.00. The summed E-state index contributed by atoms with van der Waals surface area (Å²) in [5.74, 6) is 1.70. The van der Waals surface area contributed by atoms with Crippen molar-refractivity contribution in [3.8, 4) is 5.75 Å². The second kappa shape index (κ2) is 6.09. The van der Waals surface area contributed by atoms with Crippen molar-refractivity contribution in [1.82, 2.24) is 14.8 Å². The summed E-state index contributed by atoms with van der Waals surface area (Å²) >= 11 is 5.27. The molecular formula is C14H20N4OS. The lowest BCUT2D eigenvalue weighted by Crippen LogP contribution is -2.21. The van der Waals surface area contributed by atoms with Crippen LogP contribution < -0.4 is 9.64 Å². The van der Waals surface area contributed by atoms with Gasteiger partial charge >= 0.3 is 0 Å². The minimum Gasteiger partial charge on any atom is -0.497 e. The van der Waals surface area contributed by atoms with Gasteiger partial charge in [-0.2, -0.15) is 0 Å². The normalized spacial score (nSPS) is 10.8. The Morgan fingerprint density at radius 1 is 1.45 bits per heavy atom. The number of hydrogen-bond acceptors (Lipinski definition) is 4. The first kappa shape index (κ1) is 14.6. The summed E-state index contributed by atoms with van der Waals surface area (Å²) in [5, 5.41) is 7.17. The number of nitrogens with one attached hydrogen (secondary N) is 1. The minimum absolute atomic E-state index is 0.268. The Balaban J connectivity index is 2.24. The van der Waals surface area contributed by atoms with Crippen molar-refractivity contribution in [2.45, 2.75) is 26.4 Å². The number of ether oxygens (including phenoxy) is 1. The molecule has 20 heavy (non-hydrogen) atoms. The monoisotopic (exact) mass is 292 g/mol. The molecule has 0 spiro atoms. The molecule has 2 rings (SSSR count). The van der Waals surface area contributed by atoms with Crippen LogP contribution in [0.1, 0.15) is 25.5 Å². The third kappa shape index (κ3) is 3.01. The molecule has 0 atom stereocenters. The van der Waals surface area contributed by atoms with Gasteiger partial charge in [0, 0.05) is 19.6 Å². The summed E-state index contributed by atoms with van der Waals surface area (Å²) in [4.78, 5) is 2.07. The van der Waals surface area contributed by atoms with Gasteiger partial charge in [0.1, 0.15) is 5.75 Å². The summed E-state index contributed by atoms with van der Waals surface area (Å²) in [6.45, 7) is 4.92. The van der Waals surface area contributed by atoms with E-state index in [1.807, 2.05) is 29.8 Å². The first-order valence-electron chi connectivity index (χ1n) is 6.54. The molecule has 6 heteroatoms. The average molecular weight is 292 g/mol. The van der Waals surface area contributed by atoms with Crippen LogP contribution in [0.25, 0.3) is 0 Å². The van der Waals surface area contributed by atoms with Crippen molar-refractivity contribution in [2.24, 2.45) is 0 Å². The molecule has 0 aliphatic carbocycles. The number of methoxy groups -OCH3 is 1. The van der Waals surface area contributed by atoms with Gasteiger partial charge in [-0.1, -0.05) is 12.1 Å². The Labute approximate surface area is 124 Å². The number of rotatable bonds is 5. The predicted octanol–water partition coefficient (Wildman–Crippen LogP) is 3.17. The third-order valence-electron chi connectivity index (χ3n) is 3.10. The lowest BCUT2D eigenvalue weighted by atomic mass is 10.2. The molecule has 0 aliphatic rings. The van der Waals surface area contributed by atoms with Crippen LogP contribution in [0.4, 0.5) is 5.95 Å². The molecular weight excluding hydrogens is 272 g/mol. The Morgan fingerprint density at radius 3 is 2.85 bits per heavy atom. The molecule has 0 fully saturated rings. The molecule has 5 nitrogen and oxygen atoms in total. The maximum Gasteiger partial charge on any atom is 0.226 e. The summed E-state index contributed by atoms with van der Waals surface area (Å²) < 4.78 is 7.90. The van der Waals surface area contributed by atoms with E-state index in [1.54, 1.807) is 7.11 Å². The highest BCUT2D eigenvalue weighted by Crippen LogP contribution is 2.20. The second-order valence-corrected chi connectivity index (χ2v) is 5.39. The molecule has 1 N–H and O–H groups in total. The number of aromatic nitrogens is 3. The molecule has 0 saturated heterocycles. The zero-order chi connectivity index (χ0) is 14.7. The maximum atomic E-state index is 5.27. The Kier molecular flexibility index (Phi) is 4.44. The number of anilines is 1. The summed E-state index contributed by atoms with van der Waals surface area (Å²) in [6, 6.07) is 8.29. The summed E-state index contributed by atoms with van der Waals surface area (Å²) in [5.41, 5.74) is 1.16. The van der Waals surface area contributed by atoms with Gasteiger partial charge in [0.05, 0.1) is 7.11 Å². The molecule has 2 aromatic rings. The number of nitrogens with zero attached hydrogens (tertiary/aromatic N) is 3. The largest absolute Gasteiger partial charge is 0.497 e. The zero-order valence-electron chi connectivity index (χ0n) is 12.3. The topological polar surface area (TPSA) is 46.1 Å². The number of aromatic amines is 1. The van der Waals surface area contributed by atoms with Gasteiger partial charge in [-0.25, -0.2) is 5.10 Å². The standard InChI is InChI=1S/C14H20N4OS/c1-10(2)18-13(15-16-14(18)20)17(3)9-11-6-5-7-12(8-11)19-4/h5-8,10H,9H2,1-4H3,(H,16,20). The molecule has 0 radical (unpaired) electrons. The van der Waals surface area contributed by atoms with Crippen LogP contribution in [-0.2, 0) is 6.54 Å². The van der Waals surface area contributed by atoms with Gasteiger partial charge in [0.25, 0.3) is 0 Å². The molecule has 0 unspecified atom stereocenters. The summed E-state index contributed by atoms with van der Waals surface area (Å²) in [7, 11) is 3.68. The van der Waals surface area contributed by atoms with Crippen LogP contribution in [0.15, 0.2) is 24.3 Å². The van der Waals surface area contributed by atoms with Crippen molar-refractivity contribution >= 4 is 18.2 Å². The van der Waals surface area contributed by atoms with Gasteiger partial charge in [0.2, 0.25) is 5.95 Å². The highest BCUT2D eigenvalue weighted by Gasteiger charge is 2.13. The molecule has 0 bridgehead atoms. The molecule has 1 heterocycles. The number of benzene rings is 1. The van der Waals surface area contributed by atoms with Gasteiger partial charge < -0.3 is 9.64 Å². The molecule has 0 aliphatic heterocycles. The molecule has 1 aromatic heterocycles. The summed E-state index contributed by atoms with van der Waals surface area (Å²) in [6.07, 6.45) is 0. The van der Waals surface area contributed by atoms with E-state index in [0.717, 1.165) is 23.8 Å². The Morgan fingerprint density at radius 2 is 2.20 bits per heavy atom. The fourth-order valence-corrected chi connectivity index (χ4v) is 2.48. The van der Waals surface area contributed by atoms with Crippen LogP contribution in [-0.4, -0.2) is 28.9 Å². The molecule has 0 amide bonds. The Bertz CT molecular complexity index is 632. The van der Waals surface area contributed by atoms with Gasteiger partial charge in [-0.3, -0.25) is 4.57 Å². The van der Waals surface area contributed by atoms with Crippen molar-refractivity contribution in [3.05, 3.63) is 34.6 Å². The van der Waals surface area contributed by atoms with Crippen molar-refractivity contribution < 1.29 is 4.74 Å². The molecule has 0 saturated carbocycles. The van der Waals surface area contributed by atoms with Crippen molar-refractivity contribution in [1.29, 1.82) is 0 Å². The first-order chi connectivity index (χ1) is 9.52. The zero-order valence-corrected chi connectivity index (χ0v) is 13.1. The van der Waals surface area contributed by atoms with E-state index in [9.17, 15) is 0 Å². The van der Waals surface area contributed by atoms with E-state index in [-0.39, 0.29) is 6.04 Å². The predicted molar refractivity (Wildman–Crippen MR) is 82.9 cm³/mol. The van der Waals surface area contributed by atoms with Crippen molar-refractivity contribution in [3.63, 3.8) is 0 Å². The lowest BCUT2D eigenvalue weighted by Gasteiger charge is -2.20. The molecule has 108 valence electrons. The SMILES string of the molecule is COc1cccc(CN(C)c2n[nH]c(=S)n2C(C)C)c1. The van der Waals surface area contributed by atoms with Crippen LogP contribution >= 0.6 is 12.2 Å². The van der Waals surface area contributed by atoms with Crippen LogP contribution in [0.5, 0.6) is 5.75 Å². The highest BCUT2D eigenvalue weighted by atomic mass is 32.1. The van der Waals surface area contributed by atoms with Crippen LogP contribution in [0.2, 0.25) is 0 Å². The highest BCUT2D eigenvalue weighted by molar-refractivity contribution is 7.71. The van der Waals surface area contributed by atoms with Crippen molar-refractivity contribution in [2.75, 3.05) is 19.1 Å². The van der Waals surface area contributed by atoms with E-state index in [1.165, 1.54) is 0 Å². The fraction of sp³-hybridized carbons (Fsp3) is 0.429. The number of H-pyrrole nitrogens is 1. The van der Waals surface area contributed by atoms with E-state index in [2.05, 4.69) is 35.0 Å². The van der Waals surface area contributed by atoms with Crippen LogP contribution in [0, 0.1) is 4.77 Å². The quantitative estimate of drug-likeness (QED) is 0.860. The molecule has 1 aromatic carbocycles. The van der Waals surface area contributed by atoms with Gasteiger partial charge in [-0.05, 0) is 43.8 Å². The number of hydrogen-bond donors (Lipinski definition) is 1. The lowest BCUT2D eigenvalue weighted by molar-refractivity contribution is 0.414. The van der Waals surface area contributed by atoms with Gasteiger partial charge in [0.15, 0.2) is 4.77 Å². The third-order valence-corrected chi connectivity index (χ3v) is 3.39.